The quantitative estimate of drug-likeness (QED) is 0.476. The summed E-state index contributed by atoms with van der Waals surface area (Å²) >= 11 is 0. The Morgan fingerprint density at radius 3 is 2.52 bits per heavy atom. The number of hydrogen-bond acceptors (Lipinski definition) is 6. The Balaban J connectivity index is 1.84. The van der Waals surface area contributed by atoms with E-state index in [0.29, 0.717) is 25.1 Å². The summed E-state index contributed by atoms with van der Waals surface area (Å²) in [5, 5.41) is 0. The van der Waals surface area contributed by atoms with Crippen molar-refractivity contribution in [1.82, 2.24) is 4.90 Å². The van der Waals surface area contributed by atoms with Crippen molar-refractivity contribution in [3.8, 4) is 11.5 Å². The number of amides is 1. The topological polar surface area (TPSA) is 82.1 Å². The number of ether oxygens (including phenoxy) is 2. The summed E-state index contributed by atoms with van der Waals surface area (Å²) in [5.74, 6) is -0.111. The van der Waals surface area contributed by atoms with Crippen LogP contribution in [-0.4, -0.2) is 45.6 Å². The van der Waals surface area contributed by atoms with E-state index in [1.165, 1.54) is 7.11 Å². The number of carbonyl (C=O) groups is 1. The zero-order valence-electron chi connectivity index (χ0n) is 19.1. The van der Waals surface area contributed by atoms with Crippen LogP contribution in [0.1, 0.15) is 38.7 Å². The zero-order chi connectivity index (χ0) is 24.0. The minimum atomic E-state index is -4.21. The first-order valence-electron chi connectivity index (χ1n) is 10.9. The highest BCUT2D eigenvalue weighted by atomic mass is 32.2. The van der Waals surface area contributed by atoms with Crippen LogP contribution >= 0.6 is 0 Å². The second kappa shape index (κ2) is 11.0. The summed E-state index contributed by atoms with van der Waals surface area (Å²) in [6.45, 7) is 5.42. The molecule has 7 nitrogen and oxygen atoms in total. The fourth-order valence-corrected chi connectivity index (χ4v) is 4.57. The number of nitrogens with zero attached hydrogens (tertiary/aromatic N) is 1. The lowest BCUT2D eigenvalue weighted by atomic mass is 10.1. The number of methoxy groups -OCH3 is 1. The molecule has 0 bridgehead atoms. The van der Waals surface area contributed by atoms with E-state index in [-0.39, 0.29) is 40.9 Å². The zero-order valence-corrected chi connectivity index (χ0v) is 19.9. The third-order valence-corrected chi connectivity index (χ3v) is 6.54. The molecular formula is C24H30FNO6S. The highest BCUT2D eigenvalue weighted by Crippen LogP contribution is 2.31. The van der Waals surface area contributed by atoms with Crippen LogP contribution in [0.5, 0.6) is 11.5 Å². The van der Waals surface area contributed by atoms with Crippen molar-refractivity contribution < 1.29 is 31.3 Å². The smallest absolute Gasteiger partial charge is 0.339 e. The monoisotopic (exact) mass is 479 g/mol. The molecule has 1 aliphatic heterocycles. The number of benzene rings is 2. The highest BCUT2D eigenvalue weighted by Gasteiger charge is 2.24. The van der Waals surface area contributed by atoms with Crippen LogP contribution in [0.3, 0.4) is 0 Å². The van der Waals surface area contributed by atoms with Gasteiger partial charge in [-0.25, -0.2) is 4.39 Å². The summed E-state index contributed by atoms with van der Waals surface area (Å²) in [7, 11) is -2.80. The predicted molar refractivity (Wildman–Crippen MR) is 121 cm³/mol. The van der Waals surface area contributed by atoms with Crippen LogP contribution < -0.4 is 8.92 Å². The minimum Gasteiger partial charge on any atom is -0.493 e. The highest BCUT2D eigenvalue weighted by molar-refractivity contribution is 7.87. The van der Waals surface area contributed by atoms with Crippen molar-refractivity contribution in [3.63, 3.8) is 0 Å². The van der Waals surface area contributed by atoms with Crippen molar-refractivity contribution in [3.05, 3.63) is 53.8 Å². The molecule has 1 aliphatic rings. The number of carbonyl (C=O) groups excluding carboxylic acids is 1. The maximum Gasteiger partial charge on any atom is 0.339 e. The Labute approximate surface area is 194 Å². The molecule has 9 heteroatoms. The standard InChI is InChI=1S/C24H30FNO6S/c1-17(2)13-24(27)26(16-20-5-4-12-31-20)15-18-6-11-22(30-3)23(14-18)32-33(28,29)21-9-7-19(25)8-10-21/h6-11,14,17,20H,4-5,12-13,15-16H2,1-3H3/t20-/m1/s1. The normalized spacial score (nSPS) is 16.1. The van der Waals surface area contributed by atoms with E-state index in [9.17, 15) is 17.6 Å². The molecular weight excluding hydrogens is 449 g/mol. The van der Waals surface area contributed by atoms with Crippen molar-refractivity contribution in [2.24, 2.45) is 5.92 Å². The van der Waals surface area contributed by atoms with Gasteiger partial charge < -0.3 is 18.6 Å². The lowest BCUT2D eigenvalue weighted by Crippen LogP contribution is -2.37. The lowest BCUT2D eigenvalue weighted by Gasteiger charge is -2.26. The van der Waals surface area contributed by atoms with E-state index in [2.05, 4.69) is 0 Å². The fourth-order valence-electron chi connectivity index (χ4n) is 3.64. The van der Waals surface area contributed by atoms with Gasteiger partial charge in [-0.3, -0.25) is 4.79 Å². The average molecular weight is 480 g/mol. The van der Waals surface area contributed by atoms with Gasteiger partial charge in [0.05, 0.1) is 13.2 Å². The van der Waals surface area contributed by atoms with E-state index in [1.54, 1.807) is 23.1 Å². The first-order chi connectivity index (χ1) is 15.7. The molecule has 0 radical (unpaired) electrons. The second-order valence-electron chi connectivity index (χ2n) is 8.48. The summed E-state index contributed by atoms with van der Waals surface area (Å²) in [6.07, 6.45) is 2.27. The van der Waals surface area contributed by atoms with Crippen molar-refractivity contribution >= 4 is 16.0 Å². The van der Waals surface area contributed by atoms with E-state index in [4.69, 9.17) is 13.7 Å². The van der Waals surface area contributed by atoms with E-state index < -0.39 is 15.9 Å². The van der Waals surface area contributed by atoms with Gasteiger partial charge in [-0.15, -0.1) is 0 Å². The molecule has 1 atom stereocenters. The van der Waals surface area contributed by atoms with Crippen LogP contribution in [0.15, 0.2) is 47.4 Å². The molecule has 0 saturated carbocycles. The third-order valence-electron chi connectivity index (χ3n) is 5.29. The van der Waals surface area contributed by atoms with E-state index >= 15 is 0 Å². The Bertz CT molecular complexity index is 1050. The van der Waals surface area contributed by atoms with Gasteiger partial charge in [-0.1, -0.05) is 19.9 Å². The number of hydrogen-bond donors (Lipinski definition) is 0. The van der Waals surface area contributed by atoms with Crippen LogP contribution in [0.25, 0.3) is 0 Å². The average Bonchev–Trinajstić information content (AvgIpc) is 3.26. The molecule has 180 valence electrons. The summed E-state index contributed by atoms with van der Waals surface area (Å²) < 4.78 is 54.9. The van der Waals surface area contributed by atoms with E-state index in [1.807, 2.05) is 13.8 Å². The summed E-state index contributed by atoms with van der Waals surface area (Å²) in [5.41, 5.74) is 0.690. The van der Waals surface area contributed by atoms with Gasteiger partial charge in [0.15, 0.2) is 11.5 Å². The van der Waals surface area contributed by atoms with Crippen molar-refractivity contribution in [2.75, 3.05) is 20.3 Å². The molecule has 2 aromatic carbocycles. The Morgan fingerprint density at radius 1 is 1.18 bits per heavy atom. The largest absolute Gasteiger partial charge is 0.493 e. The van der Waals surface area contributed by atoms with Crippen LogP contribution in [0.4, 0.5) is 4.39 Å². The van der Waals surface area contributed by atoms with Crippen LogP contribution in [-0.2, 0) is 26.2 Å². The fraction of sp³-hybridized carbons (Fsp3) is 0.458. The van der Waals surface area contributed by atoms with Gasteiger partial charge in [0.2, 0.25) is 5.91 Å². The Kier molecular flexibility index (Phi) is 8.31. The van der Waals surface area contributed by atoms with Gasteiger partial charge in [0.1, 0.15) is 10.7 Å². The molecule has 0 aromatic heterocycles. The molecule has 1 heterocycles. The maximum atomic E-state index is 13.2. The predicted octanol–water partition coefficient (Wildman–Crippen LogP) is 4.16. The molecule has 33 heavy (non-hydrogen) atoms. The Hall–Kier alpha value is -2.65. The van der Waals surface area contributed by atoms with Gasteiger partial charge in [-0.05, 0) is 60.7 Å². The summed E-state index contributed by atoms with van der Waals surface area (Å²) in [6, 6.07) is 9.28. The molecule has 1 fully saturated rings. The molecule has 0 unspecified atom stereocenters. The lowest BCUT2D eigenvalue weighted by molar-refractivity contribution is -0.134. The molecule has 0 aliphatic carbocycles. The van der Waals surface area contributed by atoms with Crippen molar-refractivity contribution in [2.45, 2.75) is 50.7 Å². The summed E-state index contributed by atoms with van der Waals surface area (Å²) in [4.78, 5) is 14.5. The maximum absolute atomic E-state index is 13.2. The Morgan fingerprint density at radius 2 is 1.91 bits per heavy atom. The SMILES string of the molecule is COc1ccc(CN(C[C@H]2CCCO2)C(=O)CC(C)C)cc1OS(=O)(=O)c1ccc(F)cc1. The van der Waals surface area contributed by atoms with Crippen LogP contribution in [0, 0.1) is 11.7 Å². The number of rotatable bonds is 10. The van der Waals surface area contributed by atoms with Crippen LogP contribution in [0.2, 0.25) is 0 Å². The van der Waals surface area contributed by atoms with E-state index in [0.717, 1.165) is 37.1 Å². The first-order valence-corrected chi connectivity index (χ1v) is 12.3. The minimum absolute atomic E-state index is 0.00562. The molecule has 2 aromatic rings. The molecule has 3 rings (SSSR count). The van der Waals surface area contributed by atoms with Gasteiger partial charge in [-0.2, -0.15) is 8.42 Å². The molecule has 0 spiro atoms. The second-order valence-corrected chi connectivity index (χ2v) is 10.0. The number of halogens is 1. The van der Waals surface area contributed by atoms with Gasteiger partial charge in [0.25, 0.3) is 0 Å². The van der Waals surface area contributed by atoms with Gasteiger partial charge in [0, 0.05) is 26.1 Å². The molecule has 1 saturated heterocycles. The first kappa shape index (κ1) is 25.0. The third kappa shape index (κ3) is 6.91. The van der Waals surface area contributed by atoms with Gasteiger partial charge >= 0.3 is 10.1 Å². The molecule has 1 amide bonds. The van der Waals surface area contributed by atoms with Crippen molar-refractivity contribution in [1.29, 1.82) is 0 Å². The molecule has 0 N–H and O–H groups in total.